The van der Waals surface area contributed by atoms with Crippen LogP contribution in [0.4, 0.5) is 10.5 Å². The molecule has 0 radical (unpaired) electrons. The average Bonchev–Trinajstić information content (AvgIpc) is 3.13. The Hall–Kier alpha value is -2.37. The number of hydrogen-bond donors (Lipinski definition) is 2. The first-order chi connectivity index (χ1) is 11.5. The van der Waals surface area contributed by atoms with Gasteiger partial charge < -0.3 is 16.0 Å². The van der Waals surface area contributed by atoms with E-state index in [-0.39, 0.29) is 7.46 Å². The summed E-state index contributed by atoms with van der Waals surface area (Å²) >= 11 is 0. The molecule has 1 aromatic rings. The maximum Gasteiger partial charge on any atom is 0.322 e. The van der Waals surface area contributed by atoms with Crippen LogP contribution < -0.4 is 11.1 Å². The number of amides is 2. The van der Waals surface area contributed by atoms with Crippen molar-refractivity contribution in [1.29, 1.82) is 0 Å². The minimum absolute atomic E-state index is 0. The van der Waals surface area contributed by atoms with Crippen molar-refractivity contribution in [3.8, 4) is 0 Å². The molecule has 2 amide bonds. The van der Waals surface area contributed by atoms with Crippen LogP contribution in [-0.2, 0) is 0 Å². The number of aliphatic imine (C=N–C) groups is 2. The van der Waals surface area contributed by atoms with E-state index < -0.39 is 0 Å². The van der Waals surface area contributed by atoms with E-state index >= 15 is 0 Å². The van der Waals surface area contributed by atoms with E-state index in [2.05, 4.69) is 22.2 Å². The molecule has 2 fully saturated rings. The molecule has 1 aliphatic carbocycles. The topological polar surface area (TPSA) is 83.1 Å². The van der Waals surface area contributed by atoms with Crippen LogP contribution in [0.3, 0.4) is 0 Å². The minimum atomic E-state index is -0.0187. The molecule has 1 aromatic carbocycles. The fourth-order valence-corrected chi connectivity index (χ4v) is 3.82. The first-order valence-corrected chi connectivity index (χ1v) is 8.42. The summed E-state index contributed by atoms with van der Waals surface area (Å²) in [6.07, 6.45) is 3.68. The Morgan fingerprint density at radius 2 is 2.25 bits per heavy atom. The molecule has 1 saturated heterocycles. The normalized spacial score (nSPS) is 26.4. The summed E-state index contributed by atoms with van der Waals surface area (Å²) in [7, 11) is 1.64. The summed E-state index contributed by atoms with van der Waals surface area (Å²) < 4.78 is 0. The Labute approximate surface area is 144 Å². The third kappa shape index (κ3) is 3.13. The predicted molar refractivity (Wildman–Crippen MR) is 99.8 cm³/mol. The van der Waals surface area contributed by atoms with E-state index in [4.69, 9.17) is 5.73 Å². The van der Waals surface area contributed by atoms with Gasteiger partial charge in [0.25, 0.3) is 0 Å². The van der Waals surface area contributed by atoms with Gasteiger partial charge in [-0.2, -0.15) is 0 Å². The summed E-state index contributed by atoms with van der Waals surface area (Å²) in [5, 5.41) is 3.00. The maximum absolute atomic E-state index is 12.6. The van der Waals surface area contributed by atoms with Crippen molar-refractivity contribution in [2.45, 2.75) is 32.7 Å². The molecule has 1 heterocycles. The number of rotatable bonds is 3. The summed E-state index contributed by atoms with van der Waals surface area (Å²) in [5.74, 6) is 1.79. The van der Waals surface area contributed by atoms with E-state index in [0.717, 1.165) is 42.1 Å². The highest BCUT2D eigenvalue weighted by Crippen LogP contribution is 2.41. The first-order valence-electron chi connectivity index (χ1n) is 8.42. The van der Waals surface area contributed by atoms with Crippen molar-refractivity contribution < 1.29 is 6.22 Å². The molecule has 2 bridgehead atoms. The van der Waals surface area contributed by atoms with Gasteiger partial charge in [0.15, 0.2) is 0 Å². The number of fused-ring (bicyclic) bond motifs is 2. The van der Waals surface area contributed by atoms with E-state index in [1.165, 1.54) is 6.34 Å². The first kappa shape index (κ1) is 16.5. The number of nitrogens with two attached hydrogens (primary N) is 1. The van der Waals surface area contributed by atoms with Crippen LogP contribution >= 0.6 is 0 Å². The molecule has 6 heteroatoms. The smallest absolute Gasteiger partial charge is 0.322 e. The van der Waals surface area contributed by atoms with Gasteiger partial charge in [-0.1, -0.05) is 13.0 Å². The van der Waals surface area contributed by atoms with Crippen molar-refractivity contribution in [3.05, 3.63) is 29.3 Å². The monoisotopic (exact) mass is 329 g/mol. The number of piperidine rings is 1. The molecule has 24 heavy (non-hydrogen) atoms. The second-order valence-electron chi connectivity index (χ2n) is 6.86. The average molecular weight is 329 g/mol. The highest BCUT2D eigenvalue weighted by Gasteiger charge is 2.44. The lowest BCUT2D eigenvalue weighted by molar-refractivity contribution is 0.181. The van der Waals surface area contributed by atoms with Gasteiger partial charge >= 0.3 is 6.03 Å². The Kier molecular flexibility index (Phi) is 4.55. The Balaban J connectivity index is 0.00000225. The minimum Gasteiger partial charge on any atom is -0.383 e. The lowest BCUT2D eigenvalue weighted by Crippen LogP contribution is -2.42. The lowest BCUT2D eigenvalue weighted by atomic mass is 9.97. The molecular weight excluding hydrogens is 302 g/mol. The summed E-state index contributed by atoms with van der Waals surface area (Å²) in [4.78, 5) is 22.5. The number of likely N-dealkylation sites (tertiary alicyclic amines) is 1. The Morgan fingerprint density at radius 1 is 1.46 bits per heavy atom. The van der Waals surface area contributed by atoms with Crippen molar-refractivity contribution in [2.24, 2.45) is 27.6 Å². The Bertz CT molecular complexity index is 701. The van der Waals surface area contributed by atoms with E-state index in [1.54, 1.807) is 7.05 Å². The highest BCUT2D eigenvalue weighted by atomic mass is 16.2. The summed E-state index contributed by atoms with van der Waals surface area (Å²) in [6.45, 7) is 5.12. The molecule has 1 aliphatic heterocycles. The molecule has 2 aliphatic rings. The van der Waals surface area contributed by atoms with Crippen molar-refractivity contribution in [3.63, 3.8) is 0 Å². The van der Waals surface area contributed by atoms with Crippen molar-refractivity contribution >= 4 is 23.9 Å². The molecular formula is C18H27N5O. The molecule has 6 nitrogen and oxygen atoms in total. The third-order valence-electron chi connectivity index (χ3n) is 5.23. The molecule has 3 N–H and O–H groups in total. The van der Waals surface area contributed by atoms with Crippen molar-refractivity contribution in [2.75, 3.05) is 18.9 Å². The second kappa shape index (κ2) is 6.63. The van der Waals surface area contributed by atoms with Gasteiger partial charge in [0.1, 0.15) is 12.2 Å². The quantitative estimate of drug-likeness (QED) is 0.660. The molecule has 3 atom stereocenters. The number of carbonyl (C=O) groups excluding carboxylic acids is 1. The zero-order valence-electron chi connectivity index (χ0n) is 14.5. The van der Waals surface area contributed by atoms with Gasteiger partial charge in [0.2, 0.25) is 0 Å². The summed E-state index contributed by atoms with van der Waals surface area (Å²) in [5.41, 5.74) is 8.56. The second-order valence-corrected chi connectivity index (χ2v) is 6.86. The third-order valence-corrected chi connectivity index (χ3v) is 5.23. The number of hydrogen-bond acceptors (Lipinski definition) is 2. The van der Waals surface area contributed by atoms with Crippen LogP contribution in [0.2, 0.25) is 0 Å². The van der Waals surface area contributed by atoms with E-state index in [0.29, 0.717) is 17.8 Å². The number of aryl methyl sites for hydroxylation is 1. The van der Waals surface area contributed by atoms with Gasteiger partial charge in [-0.15, -0.1) is 0 Å². The van der Waals surface area contributed by atoms with Gasteiger partial charge in [-0.3, -0.25) is 4.99 Å². The van der Waals surface area contributed by atoms with Crippen LogP contribution in [0.25, 0.3) is 0 Å². The van der Waals surface area contributed by atoms with Crippen molar-refractivity contribution in [1.82, 2.24) is 4.90 Å². The lowest BCUT2D eigenvalue weighted by Gasteiger charge is -2.30. The maximum atomic E-state index is 12.6. The standard InChI is InChI=1S/C18H25N5O.H2/c1-11-4-5-14(8-16(11)17(19)21-10-20-3)22-18(24)23-9-13-7-15(23)6-12(13)2;/h4-5,8,10,12-13,15H,6-7,9H2,1-3H3,(H,22,24)(H2,19,20,21);1H/t12-,13?,15?;/m0./s1. The fourth-order valence-electron chi connectivity index (χ4n) is 3.82. The zero-order chi connectivity index (χ0) is 17.3. The number of amidine groups is 1. The van der Waals surface area contributed by atoms with Crippen LogP contribution in [0.5, 0.6) is 0 Å². The number of nitrogens with one attached hydrogen (secondary N) is 1. The number of carbonyl (C=O) groups is 1. The van der Waals surface area contributed by atoms with E-state index in [9.17, 15) is 4.79 Å². The number of anilines is 1. The SMILES string of the molecule is CN=CN=C(N)c1cc(NC(=O)N2CC3CC2C[C@@H]3C)ccc1C.[HH]. The molecule has 3 rings (SSSR count). The van der Waals surface area contributed by atoms with Crippen LogP contribution in [0.1, 0.15) is 32.3 Å². The molecule has 130 valence electrons. The number of nitrogens with zero attached hydrogens (tertiary/aromatic N) is 3. The summed E-state index contributed by atoms with van der Waals surface area (Å²) in [6, 6.07) is 6.08. The number of urea groups is 1. The van der Waals surface area contributed by atoms with Crippen LogP contribution in [0.15, 0.2) is 28.2 Å². The van der Waals surface area contributed by atoms with Gasteiger partial charge in [0.05, 0.1) is 0 Å². The molecule has 2 unspecified atom stereocenters. The number of benzene rings is 1. The highest BCUT2D eigenvalue weighted by molar-refractivity contribution is 6.03. The van der Waals surface area contributed by atoms with Gasteiger partial charge in [0, 0.05) is 32.3 Å². The molecule has 1 saturated carbocycles. The van der Waals surface area contributed by atoms with Crippen LogP contribution in [0, 0.1) is 18.8 Å². The van der Waals surface area contributed by atoms with Gasteiger partial charge in [-0.25, -0.2) is 9.79 Å². The zero-order valence-corrected chi connectivity index (χ0v) is 14.5. The van der Waals surface area contributed by atoms with E-state index in [1.807, 2.05) is 30.0 Å². The molecule has 0 aromatic heterocycles. The van der Waals surface area contributed by atoms with Crippen LogP contribution in [-0.4, -0.2) is 42.7 Å². The largest absolute Gasteiger partial charge is 0.383 e. The fraction of sp³-hybridized carbons (Fsp3) is 0.500. The van der Waals surface area contributed by atoms with Gasteiger partial charge in [-0.05, 0) is 49.3 Å². The Morgan fingerprint density at radius 3 is 2.88 bits per heavy atom. The molecule has 0 spiro atoms. The predicted octanol–water partition coefficient (Wildman–Crippen LogP) is 2.87.